The molecule has 1 heterocycles. The number of alkyl halides is 6. The van der Waals surface area contributed by atoms with Gasteiger partial charge in [0.25, 0.3) is 5.60 Å². The zero-order valence-electron chi connectivity index (χ0n) is 20.9. The van der Waals surface area contributed by atoms with Gasteiger partial charge in [0.2, 0.25) is 10.0 Å². The second-order valence-electron chi connectivity index (χ2n) is 10.1. The lowest BCUT2D eigenvalue weighted by atomic mass is 9.86. The van der Waals surface area contributed by atoms with Crippen LogP contribution in [-0.4, -0.2) is 67.5 Å². The molecule has 2 aromatic rings. The van der Waals surface area contributed by atoms with Crippen molar-refractivity contribution in [2.45, 2.75) is 50.2 Å². The zero-order valence-corrected chi connectivity index (χ0v) is 21.7. The maximum atomic E-state index is 15.8. The molecule has 1 saturated carbocycles. The van der Waals surface area contributed by atoms with Gasteiger partial charge in [0.05, 0.1) is 6.26 Å². The van der Waals surface area contributed by atoms with E-state index in [1.807, 2.05) is 0 Å². The molecule has 0 amide bonds. The average molecular weight is 587 g/mol. The van der Waals surface area contributed by atoms with E-state index in [0.717, 1.165) is 25.3 Å². The van der Waals surface area contributed by atoms with E-state index >= 15 is 8.78 Å². The molecule has 2 aliphatic rings. The van der Waals surface area contributed by atoms with E-state index in [2.05, 4.69) is 0 Å². The molecule has 2 fully saturated rings. The lowest BCUT2D eigenvalue weighted by Gasteiger charge is -2.33. The van der Waals surface area contributed by atoms with Crippen molar-refractivity contribution in [3.63, 3.8) is 0 Å². The van der Waals surface area contributed by atoms with Gasteiger partial charge in [-0.1, -0.05) is 18.2 Å². The number of sulfonamides is 1. The van der Waals surface area contributed by atoms with Gasteiger partial charge >= 0.3 is 12.4 Å². The lowest BCUT2D eigenvalue weighted by Crippen LogP contribution is -2.53. The maximum Gasteiger partial charge on any atom is 0.430 e. The van der Waals surface area contributed by atoms with Crippen LogP contribution >= 0.6 is 0 Å². The summed E-state index contributed by atoms with van der Waals surface area (Å²) in [5.41, 5.74) is -7.14. The molecule has 1 N–H and O–H groups in total. The van der Waals surface area contributed by atoms with Crippen molar-refractivity contribution in [2.24, 2.45) is 0 Å². The summed E-state index contributed by atoms with van der Waals surface area (Å²) in [4.78, 5) is 1.77. The summed E-state index contributed by atoms with van der Waals surface area (Å²) in [5, 5.41) is 9.72. The fourth-order valence-electron chi connectivity index (χ4n) is 4.96. The summed E-state index contributed by atoms with van der Waals surface area (Å²) in [7, 11) is -3.38. The SMILES string of the molecule is Cc1cc(C(O)(C(F)(F)F)C(F)(F)F)ccc1-c1c(F)cc(CN2CCN(S(C)(=O)=O)CC2)c(F)c1C1CC1. The molecule has 14 heteroatoms. The Morgan fingerprint density at radius 1 is 0.949 bits per heavy atom. The summed E-state index contributed by atoms with van der Waals surface area (Å²) in [6.45, 7) is 2.10. The van der Waals surface area contributed by atoms with Crippen molar-refractivity contribution >= 4 is 10.0 Å². The first-order valence-electron chi connectivity index (χ1n) is 12.0. The van der Waals surface area contributed by atoms with E-state index in [9.17, 15) is 39.9 Å². The Bertz CT molecular complexity index is 1350. The number of halogens is 8. The summed E-state index contributed by atoms with van der Waals surface area (Å²) < 4.78 is 136. The third-order valence-electron chi connectivity index (χ3n) is 7.24. The van der Waals surface area contributed by atoms with E-state index in [1.165, 1.54) is 4.31 Å². The molecule has 0 unspecified atom stereocenters. The molecule has 0 atom stereocenters. The summed E-state index contributed by atoms with van der Waals surface area (Å²) in [5.74, 6) is -1.98. The highest BCUT2D eigenvalue weighted by Crippen LogP contribution is 2.52. The van der Waals surface area contributed by atoms with Gasteiger partial charge in [0, 0.05) is 55.0 Å². The van der Waals surface area contributed by atoms with E-state index in [-0.39, 0.29) is 66.5 Å². The van der Waals surface area contributed by atoms with Crippen LogP contribution in [0.1, 0.15) is 41.0 Å². The molecule has 216 valence electrons. The van der Waals surface area contributed by atoms with E-state index in [1.54, 1.807) is 4.90 Å². The molecular formula is C25H26F8N2O3S. The van der Waals surface area contributed by atoms with Crippen LogP contribution in [0.15, 0.2) is 24.3 Å². The number of aryl methyl sites for hydroxylation is 1. The van der Waals surface area contributed by atoms with Crippen molar-refractivity contribution in [1.29, 1.82) is 0 Å². The Morgan fingerprint density at radius 3 is 1.97 bits per heavy atom. The van der Waals surface area contributed by atoms with Gasteiger partial charge in [0.1, 0.15) is 11.6 Å². The monoisotopic (exact) mass is 586 g/mol. The maximum absolute atomic E-state index is 15.8. The van der Waals surface area contributed by atoms with Gasteiger partial charge in [0.15, 0.2) is 0 Å². The topological polar surface area (TPSA) is 60.9 Å². The second kappa shape index (κ2) is 9.96. The van der Waals surface area contributed by atoms with Gasteiger partial charge in [-0.05, 0) is 42.9 Å². The minimum atomic E-state index is -6.08. The van der Waals surface area contributed by atoms with Crippen LogP contribution in [0.2, 0.25) is 0 Å². The predicted octanol–water partition coefficient (Wildman–Crippen LogP) is 5.21. The van der Waals surface area contributed by atoms with Crippen molar-refractivity contribution < 1.29 is 48.6 Å². The number of aliphatic hydroxyl groups is 1. The van der Waals surface area contributed by atoms with E-state index in [0.29, 0.717) is 25.0 Å². The van der Waals surface area contributed by atoms with Crippen LogP contribution in [0.25, 0.3) is 11.1 Å². The normalized spacial score (nSPS) is 18.5. The van der Waals surface area contributed by atoms with E-state index in [4.69, 9.17) is 0 Å². The average Bonchev–Trinajstić information content (AvgIpc) is 3.64. The van der Waals surface area contributed by atoms with Gasteiger partial charge in [-0.2, -0.15) is 30.6 Å². The third-order valence-corrected chi connectivity index (χ3v) is 8.54. The molecule has 1 aliphatic heterocycles. The molecule has 0 aromatic heterocycles. The Balaban J connectivity index is 1.71. The number of hydrogen-bond donors (Lipinski definition) is 1. The third kappa shape index (κ3) is 5.52. The van der Waals surface area contributed by atoms with E-state index < -0.39 is 45.2 Å². The molecule has 1 aliphatic carbocycles. The molecule has 1 saturated heterocycles. The second-order valence-corrected chi connectivity index (χ2v) is 12.1. The number of hydrogen-bond acceptors (Lipinski definition) is 4. The molecule has 2 aromatic carbocycles. The van der Waals surface area contributed by atoms with Crippen LogP contribution in [-0.2, 0) is 22.2 Å². The Morgan fingerprint density at radius 2 is 1.51 bits per heavy atom. The highest BCUT2D eigenvalue weighted by Gasteiger charge is 2.71. The van der Waals surface area contributed by atoms with Crippen LogP contribution in [0.5, 0.6) is 0 Å². The minimum absolute atomic E-state index is 0.00229. The first-order valence-corrected chi connectivity index (χ1v) is 13.9. The van der Waals surface area contributed by atoms with Crippen LogP contribution in [0, 0.1) is 18.6 Å². The number of nitrogens with zero attached hydrogens (tertiary/aromatic N) is 2. The number of rotatable bonds is 6. The van der Waals surface area contributed by atoms with Crippen molar-refractivity contribution in [3.8, 4) is 11.1 Å². The lowest BCUT2D eigenvalue weighted by molar-refractivity contribution is -0.376. The molecule has 0 radical (unpaired) electrons. The molecular weight excluding hydrogens is 560 g/mol. The van der Waals surface area contributed by atoms with Gasteiger partial charge in [-0.15, -0.1) is 0 Å². The zero-order chi connectivity index (χ0) is 29.1. The van der Waals surface area contributed by atoms with Crippen molar-refractivity contribution in [2.75, 3.05) is 32.4 Å². The molecule has 0 bridgehead atoms. The number of benzene rings is 2. The van der Waals surface area contributed by atoms with Gasteiger partial charge < -0.3 is 5.11 Å². The Hall–Kier alpha value is -2.29. The van der Waals surface area contributed by atoms with Gasteiger partial charge in [-0.25, -0.2) is 17.2 Å². The standard InChI is InChI=1S/C25H26F8N2O3S/c1-14-11-17(23(36,24(28,29)30)25(31,32)33)5-6-18(14)21-19(26)12-16(22(27)20(21)15-3-4-15)13-34-7-9-35(10-8-34)39(2,37)38/h5-6,11-12,15,36H,3-4,7-10,13H2,1-2H3. The summed E-state index contributed by atoms with van der Waals surface area (Å²) >= 11 is 0. The predicted molar refractivity (Wildman–Crippen MR) is 126 cm³/mol. The highest BCUT2D eigenvalue weighted by atomic mass is 32.2. The quantitative estimate of drug-likeness (QED) is 0.473. The molecule has 5 nitrogen and oxygen atoms in total. The first kappa shape index (κ1) is 29.7. The van der Waals surface area contributed by atoms with Crippen LogP contribution < -0.4 is 0 Å². The van der Waals surface area contributed by atoms with Crippen molar-refractivity contribution in [3.05, 3.63) is 58.2 Å². The Labute approximate surface area is 220 Å². The molecule has 39 heavy (non-hydrogen) atoms. The Kier molecular flexibility index (Phi) is 7.58. The smallest absolute Gasteiger partial charge is 0.369 e. The van der Waals surface area contributed by atoms with Gasteiger partial charge in [-0.3, -0.25) is 4.90 Å². The van der Waals surface area contributed by atoms with Crippen LogP contribution in [0.3, 0.4) is 0 Å². The van der Waals surface area contributed by atoms with Crippen LogP contribution in [0.4, 0.5) is 35.1 Å². The molecule has 0 spiro atoms. The summed E-state index contributed by atoms with van der Waals surface area (Å²) in [6.07, 6.45) is -10.0. The fourth-order valence-corrected chi connectivity index (χ4v) is 5.79. The fraction of sp³-hybridized carbons (Fsp3) is 0.520. The largest absolute Gasteiger partial charge is 0.430 e. The number of piperazine rings is 1. The summed E-state index contributed by atoms with van der Waals surface area (Å²) in [6, 6.07) is 2.70. The van der Waals surface area contributed by atoms with Crippen molar-refractivity contribution in [1.82, 2.24) is 9.21 Å². The highest BCUT2D eigenvalue weighted by molar-refractivity contribution is 7.88. The molecule has 4 rings (SSSR count). The minimum Gasteiger partial charge on any atom is -0.369 e. The first-order chi connectivity index (χ1) is 17.9.